The number of anilines is 1. The minimum atomic E-state index is -0.213. The summed E-state index contributed by atoms with van der Waals surface area (Å²) in [5.41, 5.74) is 9.79. The molecule has 0 amide bonds. The molecule has 0 spiro atoms. The molecule has 0 aliphatic heterocycles. The van der Waals surface area contributed by atoms with Crippen LogP contribution in [0.5, 0.6) is 0 Å². The van der Waals surface area contributed by atoms with Crippen LogP contribution in [0.1, 0.15) is 17.5 Å². The van der Waals surface area contributed by atoms with Crippen molar-refractivity contribution in [3.05, 3.63) is 59.4 Å². The van der Waals surface area contributed by atoms with E-state index in [0.717, 1.165) is 22.8 Å². The van der Waals surface area contributed by atoms with Crippen LogP contribution in [0.2, 0.25) is 0 Å². The second-order valence-corrected chi connectivity index (χ2v) is 6.70. The number of rotatable bonds is 5. The highest BCUT2D eigenvalue weighted by molar-refractivity contribution is 7.99. The number of aryl methyl sites for hydroxylation is 2. The monoisotopic (exact) mass is 329 g/mol. The molecule has 23 heavy (non-hydrogen) atoms. The van der Waals surface area contributed by atoms with E-state index in [-0.39, 0.29) is 5.82 Å². The van der Waals surface area contributed by atoms with E-state index in [1.807, 2.05) is 0 Å². The molecule has 0 unspecified atom stereocenters. The lowest BCUT2D eigenvalue weighted by Gasteiger charge is -2.08. The maximum atomic E-state index is 12.8. The van der Waals surface area contributed by atoms with Gasteiger partial charge in [-0.2, -0.15) is 0 Å². The quantitative estimate of drug-likeness (QED) is 0.379. The van der Waals surface area contributed by atoms with E-state index in [2.05, 4.69) is 28.5 Å². The Hall–Kier alpha value is -2.01. The summed E-state index contributed by atoms with van der Waals surface area (Å²) in [4.78, 5) is 5.37. The largest absolute Gasteiger partial charge is 0.370 e. The second kappa shape index (κ2) is 7.51. The van der Waals surface area contributed by atoms with E-state index >= 15 is 0 Å². The standard InChI is InChI=1S/C18H20FN3S/c19-15-5-8-17(9-6-15)23-11-10-21-18(20)22-16-7-4-13-2-1-3-14(13)12-16/h4-9,12H,1-3,10-11H2,(H3,20,21,22). The number of fused-ring (bicyclic) bond motifs is 1. The summed E-state index contributed by atoms with van der Waals surface area (Å²) >= 11 is 1.64. The van der Waals surface area contributed by atoms with E-state index in [1.54, 1.807) is 23.9 Å². The van der Waals surface area contributed by atoms with Gasteiger partial charge in [-0.05, 0) is 66.8 Å². The fourth-order valence-electron chi connectivity index (χ4n) is 2.70. The summed E-state index contributed by atoms with van der Waals surface area (Å²) in [6.45, 7) is 0.617. The first-order valence-corrected chi connectivity index (χ1v) is 8.76. The number of nitrogens with two attached hydrogens (primary N) is 1. The van der Waals surface area contributed by atoms with E-state index in [4.69, 9.17) is 5.73 Å². The molecular weight excluding hydrogens is 309 g/mol. The van der Waals surface area contributed by atoms with Gasteiger partial charge in [0.15, 0.2) is 5.96 Å². The molecule has 2 aromatic carbocycles. The molecule has 0 radical (unpaired) electrons. The highest BCUT2D eigenvalue weighted by Gasteiger charge is 2.10. The minimum absolute atomic E-state index is 0.213. The number of halogens is 1. The SMILES string of the molecule is NC(=NCCSc1ccc(F)cc1)Nc1ccc2c(c1)CCC2. The van der Waals surface area contributed by atoms with E-state index in [1.165, 1.54) is 36.1 Å². The Morgan fingerprint density at radius 1 is 1.13 bits per heavy atom. The Balaban J connectivity index is 1.47. The van der Waals surface area contributed by atoms with Crippen LogP contribution in [0.4, 0.5) is 10.1 Å². The minimum Gasteiger partial charge on any atom is -0.370 e. The fourth-order valence-corrected chi connectivity index (χ4v) is 3.44. The van der Waals surface area contributed by atoms with Crippen LogP contribution < -0.4 is 11.1 Å². The van der Waals surface area contributed by atoms with Gasteiger partial charge in [-0.25, -0.2) is 4.39 Å². The van der Waals surface area contributed by atoms with Crippen LogP contribution in [0.3, 0.4) is 0 Å². The Bertz CT molecular complexity index is 698. The molecule has 5 heteroatoms. The summed E-state index contributed by atoms with van der Waals surface area (Å²) in [5.74, 6) is 1.02. The molecular formula is C18H20FN3S. The van der Waals surface area contributed by atoms with Gasteiger partial charge in [0.2, 0.25) is 0 Å². The predicted molar refractivity (Wildman–Crippen MR) is 95.7 cm³/mol. The highest BCUT2D eigenvalue weighted by Crippen LogP contribution is 2.24. The molecule has 2 aromatic rings. The number of hydrogen-bond donors (Lipinski definition) is 2. The fraction of sp³-hybridized carbons (Fsp3) is 0.278. The summed E-state index contributed by atoms with van der Waals surface area (Å²) in [5, 5.41) is 3.15. The van der Waals surface area contributed by atoms with Gasteiger partial charge in [0.25, 0.3) is 0 Å². The van der Waals surface area contributed by atoms with E-state index in [9.17, 15) is 4.39 Å². The maximum absolute atomic E-state index is 12.8. The van der Waals surface area contributed by atoms with Crippen LogP contribution in [0, 0.1) is 5.82 Å². The Kier molecular flexibility index (Phi) is 5.18. The third-order valence-corrected chi connectivity index (χ3v) is 4.82. The third-order valence-electron chi connectivity index (χ3n) is 3.83. The van der Waals surface area contributed by atoms with E-state index < -0.39 is 0 Å². The molecule has 1 aliphatic carbocycles. The Morgan fingerprint density at radius 3 is 2.74 bits per heavy atom. The van der Waals surface area contributed by atoms with Gasteiger partial charge in [-0.1, -0.05) is 6.07 Å². The zero-order valence-corrected chi connectivity index (χ0v) is 13.7. The van der Waals surface area contributed by atoms with Crippen LogP contribution in [0.15, 0.2) is 52.4 Å². The third kappa shape index (κ3) is 4.48. The van der Waals surface area contributed by atoms with Gasteiger partial charge in [-0.3, -0.25) is 4.99 Å². The van der Waals surface area contributed by atoms with Crippen LogP contribution in [-0.4, -0.2) is 18.3 Å². The smallest absolute Gasteiger partial charge is 0.193 e. The molecule has 1 aliphatic rings. The van der Waals surface area contributed by atoms with Gasteiger partial charge in [0.05, 0.1) is 6.54 Å². The number of aliphatic imine (C=N–C) groups is 1. The second-order valence-electron chi connectivity index (χ2n) is 5.53. The van der Waals surface area contributed by atoms with Gasteiger partial charge < -0.3 is 11.1 Å². The van der Waals surface area contributed by atoms with Crippen molar-refractivity contribution < 1.29 is 4.39 Å². The Morgan fingerprint density at radius 2 is 1.91 bits per heavy atom. The highest BCUT2D eigenvalue weighted by atomic mass is 32.2. The maximum Gasteiger partial charge on any atom is 0.193 e. The molecule has 120 valence electrons. The first kappa shape index (κ1) is 15.9. The molecule has 0 heterocycles. The average Bonchev–Trinajstić information content (AvgIpc) is 3.01. The predicted octanol–water partition coefficient (Wildman–Crippen LogP) is 3.83. The van der Waals surface area contributed by atoms with Gasteiger partial charge in [-0.15, -0.1) is 11.8 Å². The van der Waals surface area contributed by atoms with E-state index in [0.29, 0.717) is 12.5 Å². The molecule has 3 rings (SSSR count). The molecule has 0 bridgehead atoms. The summed E-state index contributed by atoms with van der Waals surface area (Å²) in [6, 6.07) is 12.9. The van der Waals surface area contributed by atoms with Crippen LogP contribution >= 0.6 is 11.8 Å². The molecule has 0 atom stereocenters. The summed E-state index contributed by atoms with van der Waals surface area (Å²) in [7, 11) is 0. The lowest BCUT2D eigenvalue weighted by atomic mass is 10.1. The van der Waals surface area contributed by atoms with Crippen molar-refractivity contribution in [1.29, 1.82) is 0 Å². The average molecular weight is 329 g/mol. The van der Waals surface area contributed by atoms with Crippen molar-refractivity contribution in [2.75, 3.05) is 17.6 Å². The zero-order chi connectivity index (χ0) is 16.1. The van der Waals surface area contributed by atoms with Crippen molar-refractivity contribution in [3.8, 4) is 0 Å². The normalized spacial score (nSPS) is 13.9. The topological polar surface area (TPSA) is 50.4 Å². The number of guanidine groups is 1. The van der Waals surface area contributed by atoms with Crippen molar-refractivity contribution in [2.45, 2.75) is 24.2 Å². The number of thioether (sulfide) groups is 1. The van der Waals surface area contributed by atoms with Gasteiger partial charge >= 0.3 is 0 Å². The number of nitrogens with one attached hydrogen (secondary N) is 1. The van der Waals surface area contributed by atoms with Crippen molar-refractivity contribution in [3.63, 3.8) is 0 Å². The molecule has 0 fully saturated rings. The number of nitrogens with zero attached hydrogens (tertiary/aromatic N) is 1. The molecule has 3 nitrogen and oxygen atoms in total. The summed E-state index contributed by atoms with van der Waals surface area (Å²) in [6.07, 6.45) is 3.57. The lowest BCUT2D eigenvalue weighted by Crippen LogP contribution is -2.23. The van der Waals surface area contributed by atoms with Gasteiger partial charge in [0, 0.05) is 16.3 Å². The number of benzene rings is 2. The van der Waals surface area contributed by atoms with Crippen molar-refractivity contribution in [1.82, 2.24) is 0 Å². The van der Waals surface area contributed by atoms with Crippen molar-refractivity contribution >= 4 is 23.4 Å². The van der Waals surface area contributed by atoms with Crippen molar-refractivity contribution in [2.24, 2.45) is 10.7 Å². The first-order valence-electron chi connectivity index (χ1n) is 7.78. The Labute approximate surface area is 140 Å². The van der Waals surface area contributed by atoms with Crippen LogP contribution in [0.25, 0.3) is 0 Å². The number of hydrogen-bond acceptors (Lipinski definition) is 2. The summed E-state index contributed by atoms with van der Waals surface area (Å²) < 4.78 is 12.8. The molecule has 0 saturated heterocycles. The van der Waals surface area contributed by atoms with Crippen LogP contribution in [-0.2, 0) is 12.8 Å². The molecule has 0 aromatic heterocycles. The van der Waals surface area contributed by atoms with Gasteiger partial charge in [0.1, 0.15) is 5.82 Å². The first-order chi connectivity index (χ1) is 11.2. The lowest BCUT2D eigenvalue weighted by molar-refractivity contribution is 0.626. The molecule has 3 N–H and O–H groups in total. The zero-order valence-electron chi connectivity index (χ0n) is 12.9. The molecule has 0 saturated carbocycles.